The van der Waals surface area contributed by atoms with E-state index in [2.05, 4.69) is 21.2 Å². The Hall–Kier alpha value is -1.83. The lowest BCUT2D eigenvalue weighted by molar-refractivity contribution is -0.140. The average Bonchev–Trinajstić information content (AvgIpc) is 2.65. The van der Waals surface area contributed by atoms with E-state index in [0.29, 0.717) is 28.0 Å². The van der Waals surface area contributed by atoms with Crippen LogP contribution in [0.25, 0.3) is 0 Å². The normalized spacial score (nSPS) is 12.1. The van der Waals surface area contributed by atoms with E-state index >= 15 is 0 Å². The smallest absolute Gasteiger partial charge is 0.320 e. The summed E-state index contributed by atoms with van der Waals surface area (Å²) in [7, 11) is 1.50. The van der Waals surface area contributed by atoms with Crippen molar-refractivity contribution in [3.63, 3.8) is 0 Å². The first-order valence-corrected chi connectivity index (χ1v) is 10.3. The highest BCUT2D eigenvalue weighted by molar-refractivity contribution is 9.10. The molecule has 0 aliphatic carbocycles. The molecule has 0 saturated carbocycles. The third kappa shape index (κ3) is 6.32. The lowest BCUT2D eigenvalue weighted by Gasteiger charge is -2.20. The van der Waals surface area contributed by atoms with Crippen LogP contribution in [0, 0.1) is 11.7 Å². The highest BCUT2D eigenvalue weighted by atomic mass is 79.9. The molecule has 29 heavy (non-hydrogen) atoms. The lowest BCUT2D eigenvalue weighted by atomic mass is 10.0. The Labute approximate surface area is 183 Å². The summed E-state index contributed by atoms with van der Waals surface area (Å²) >= 11 is 9.57. The van der Waals surface area contributed by atoms with Crippen molar-refractivity contribution in [1.29, 1.82) is 0 Å². The van der Waals surface area contributed by atoms with Crippen LogP contribution in [0.15, 0.2) is 34.8 Å². The first kappa shape index (κ1) is 23.4. The molecule has 2 aromatic carbocycles. The van der Waals surface area contributed by atoms with Crippen LogP contribution in [0.4, 0.5) is 4.39 Å². The molecule has 158 valence electrons. The molecule has 0 heterocycles. The van der Waals surface area contributed by atoms with Crippen molar-refractivity contribution in [2.45, 2.75) is 39.5 Å². The predicted molar refractivity (Wildman–Crippen MR) is 114 cm³/mol. The summed E-state index contributed by atoms with van der Waals surface area (Å²) < 4.78 is 26.1. The molecule has 0 amide bonds. The molecule has 0 bridgehead atoms. The summed E-state index contributed by atoms with van der Waals surface area (Å²) in [6.45, 7) is 4.05. The second-order valence-electron chi connectivity index (χ2n) is 6.95. The minimum absolute atomic E-state index is 0.0975. The standard InChI is InChI=1S/C21H24BrClFNO4/c1-12(2)9-18(21(26)27)25-10-13-15(22)7-8-19(28-3)20(13)29-11-14-16(23)5-4-6-17(14)24/h4-8,12,18,25H,9-11H2,1-3H3,(H,26,27). The molecule has 1 unspecified atom stereocenters. The number of benzene rings is 2. The fourth-order valence-electron chi connectivity index (χ4n) is 2.85. The number of carboxylic acid groups (broad SMARTS) is 1. The molecular formula is C21H24BrClFNO4. The quantitative estimate of drug-likeness (QED) is 0.467. The molecule has 5 nitrogen and oxygen atoms in total. The van der Waals surface area contributed by atoms with Gasteiger partial charge in [-0.05, 0) is 36.6 Å². The maximum Gasteiger partial charge on any atom is 0.320 e. The van der Waals surface area contributed by atoms with E-state index in [1.54, 1.807) is 18.2 Å². The monoisotopic (exact) mass is 487 g/mol. The van der Waals surface area contributed by atoms with Crippen LogP contribution in [0.3, 0.4) is 0 Å². The minimum atomic E-state index is -0.918. The molecule has 2 aromatic rings. The van der Waals surface area contributed by atoms with Crippen LogP contribution in [-0.2, 0) is 17.9 Å². The lowest BCUT2D eigenvalue weighted by Crippen LogP contribution is -2.37. The third-order valence-electron chi connectivity index (χ3n) is 4.34. The van der Waals surface area contributed by atoms with Gasteiger partial charge in [-0.2, -0.15) is 0 Å². The van der Waals surface area contributed by atoms with Gasteiger partial charge in [-0.1, -0.05) is 47.4 Å². The van der Waals surface area contributed by atoms with Gasteiger partial charge in [-0.25, -0.2) is 4.39 Å². The van der Waals surface area contributed by atoms with Crippen molar-refractivity contribution >= 4 is 33.5 Å². The highest BCUT2D eigenvalue weighted by Gasteiger charge is 2.21. The molecule has 0 radical (unpaired) electrons. The van der Waals surface area contributed by atoms with Crippen LogP contribution in [0.1, 0.15) is 31.4 Å². The molecule has 0 aliphatic rings. The van der Waals surface area contributed by atoms with Crippen LogP contribution >= 0.6 is 27.5 Å². The van der Waals surface area contributed by atoms with E-state index in [1.165, 1.54) is 19.2 Å². The van der Waals surface area contributed by atoms with Crippen molar-refractivity contribution < 1.29 is 23.8 Å². The number of methoxy groups -OCH3 is 1. The van der Waals surface area contributed by atoms with Crippen LogP contribution in [-0.4, -0.2) is 24.2 Å². The van der Waals surface area contributed by atoms with E-state index in [-0.39, 0.29) is 29.7 Å². The summed E-state index contributed by atoms with van der Waals surface area (Å²) in [5.41, 5.74) is 0.908. The van der Waals surface area contributed by atoms with Crippen LogP contribution in [0.5, 0.6) is 11.5 Å². The summed E-state index contributed by atoms with van der Waals surface area (Å²) in [5.74, 6) is -0.320. The Kier molecular flexibility index (Phi) is 8.74. The largest absolute Gasteiger partial charge is 0.493 e. The second-order valence-corrected chi connectivity index (χ2v) is 8.21. The van der Waals surface area contributed by atoms with Crippen molar-refractivity contribution in [2.24, 2.45) is 5.92 Å². The second kappa shape index (κ2) is 10.8. The average molecular weight is 489 g/mol. The number of hydrogen-bond acceptors (Lipinski definition) is 4. The zero-order valence-corrected chi connectivity index (χ0v) is 18.8. The number of ether oxygens (including phenoxy) is 2. The van der Waals surface area contributed by atoms with Crippen molar-refractivity contribution in [1.82, 2.24) is 5.32 Å². The van der Waals surface area contributed by atoms with Crippen molar-refractivity contribution in [2.75, 3.05) is 7.11 Å². The van der Waals surface area contributed by atoms with Crippen molar-refractivity contribution in [3.8, 4) is 11.5 Å². The van der Waals surface area contributed by atoms with Gasteiger partial charge in [0.15, 0.2) is 11.5 Å². The van der Waals surface area contributed by atoms with Gasteiger partial charge in [0.2, 0.25) is 0 Å². The molecular weight excluding hydrogens is 465 g/mol. The molecule has 8 heteroatoms. The zero-order chi connectivity index (χ0) is 21.6. The molecule has 1 atom stereocenters. The number of rotatable bonds is 10. The highest BCUT2D eigenvalue weighted by Crippen LogP contribution is 2.37. The van der Waals surface area contributed by atoms with Gasteiger partial charge in [0.1, 0.15) is 18.5 Å². The van der Waals surface area contributed by atoms with Crippen LogP contribution < -0.4 is 14.8 Å². The Morgan fingerprint density at radius 1 is 1.28 bits per heavy atom. The number of aliphatic carboxylic acids is 1. The fraction of sp³-hybridized carbons (Fsp3) is 0.381. The number of carbonyl (C=O) groups is 1. The number of nitrogens with one attached hydrogen (secondary N) is 1. The van der Waals surface area contributed by atoms with E-state index in [4.69, 9.17) is 21.1 Å². The molecule has 0 aliphatic heterocycles. The minimum Gasteiger partial charge on any atom is -0.493 e. The Balaban J connectivity index is 2.29. The van der Waals surface area contributed by atoms with E-state index in [9.17, 15) is 14.3 Å². The van der Waals surface area contributed by atoms with E-state index < -0.39 is 17.8 Å². The van der Waals surface area contributed by atoms with Crippen LogP contribution in [0.2, 0.25) is 5.02 Å². The van der Waals surface area contributed by atoms with Gasteiger partial charge >= 0.3 is 5.97 Å². The molecule has 2 N–H and O–H groups in total. The van der Waals surface area contributed by atoms with Gasteiger partial charge in [0.25, 0.3) is 0 Å². The SMILES string of the molecule is COc1ccc(Br)c(CNC(CC(C)C)C(=O)O)c1OCc1c(F)cccc1Cl. The van der Waals surface area contributed by atoms with Crippen molar-refractivity contribution in [3.05, 3.63) is 56.8 Å². The molecule has 0 aromatic heterocycles. The molecule has 2 rings (SSSR count). The Bertz CT molecular complexity index is 843. The molecule has 0 fully saturated rings. The summed E-state index contributed by atoms with van der Waals surface area (Å²) in [6.07, 6.45) is 0.484. The Morgan fingerprint density at radius 2 is 2.00 bits per heavy atom. The molecule has 0 spiro atoms. The summed E-state index contributed by atoms with van der Waals surface area (Å²) in [4.78, 5) is 11.5. The predicted octanol–water partition coefficient (Wildman–Crippen LogP) is 5.42. The Morgan fingerprint density at radius 3 is 2.59 bits per heavy atom. The maximum atomic E-state index is 14.1. The van der Waals surface area contributed by atoms with Gasteiger partial charge < -0.3 is 19.9 Å². The molecule has 0 saturated heterocycles. The maximum absolute atomic E-state index is 14.1. The first-order valence-electron chi connectivity index (χ1n) is 9.11. The first-order chi connectivity index (χ1) is 13.7. The van der Waals surface area contributed by atoms with Gasteiger partial charge in [0, 0.05) is 22.1 Å². The number of hydrogen-bond donors (Lipinski definition) is 2. The summed E-state index contributed by atoms with van der Waals surface area (Å²) in [5, 5.41) is 12.8. The van der Waals surface area contributed by atoms with E-state index in [0.717, 1.165) is 0 Å². The fourth-order valence-corrected chi connectivity index (χ4v) is 3.52. The third-order valence-corrected chi connectivity index (χ3v) is 5.44. The van der Waals surface area contributed by atoms with E-state index in [1.807, 2.05) is 13.8 Å². The zero-order valence-electron chi connectivity index (χ0n) is 16.5. The topological polar surface area (TPSA) is 67.8 Å². The number of carboxylic acids is 1. The number of halogens is 3. The summed E-state index contributed by atoms with van der Waals surface area (Å²) in [6, 6.07) is 7.23. The van der Waals surface area contributed by atoms with Gasteiger partial charge in [-0.3, -0.25) is 4.79 Å². The van der Waals surface area contributed by atoms with Gasteiger partial charge in [0.05, 0.1) is 12.1 Å². The van der Waals surface area contributed by atoms with Gasteiger partial charge in [-0.15, -0.1) is 0 Å².